The number of fused-ring (bicyclic) bond motifs is 7. The van der Waals surface area contributed by atoms with Crippen molar-refractivity contribution in [2.24, 2.45) is 50.2 Å². The second-order valence-electron chi connectivity index (χ2n) is 17.9. The molecule has 0 aromatic rings. The maximum absolute atomic E-state index is 13.0. The zero-order valence-corrected chi connectivity index (χ0v) is 28.5. The Morgan fingerprint density at radius 1 is 0.891 bits per heavy atom. The van der Waals surface area contributed by atoms with E-state index in [-0.39, 0.29) is 46.0 Å². The van der Waals surface area contributed by atoms with E-state index in [4.69, 9.17) is 9.47 Å². The fourth-order valence-corrected chi connectivity index (χ4v) is 12.3. The van der Waals surface area contributed by atoms with Gasteiger partial charge < -0.3 is 45.2 Å². The molecule has 5 fully saturated rings. The van der Waals surface area contributed by atoms with E-state index >= 15 is 0 Å². The van der Waals surface area contributed by atoms with Crippen molar-refractivity contribution in [3.8, 4) is 0 Å². The molecule has 1 saturated heterocycles. The van der Waals surface area contributed by atoms with Gasteiger partial charge >= 0.3 is 5.97 Å². The molecule has 7 N–H and O–H groups in total. The van der Waals surface area contributed by atoms with Crippen LogP contribution in [0.3, 0.4) is 0 Å². The van der Waals surface area contributed by atoms with Crippen molar-refractivity contribution in [1.29, 1.82) is 0 Å². The lowest BCUT2D eigenvalue weighted by molar-refractivity contribution is -0.345. The Hall–Kier alpha value is -1.11. The van der Waals surface area contributed by atoms with Gasteiger partial charge in [-0.25, -0.2) is 0 Å². The summed E-state index contributed by atoms with van der Waals surface area (Å²) >= 11 is 0. The first kappa shape index (κ1) is 34.7. The topological polar surface area (TPSA) is 177 Å². The number of hydrogen-bond acceptors (Lipinski definition) is 9. The first-order valence-electron chi connectivity index (χ1n) is 17.5. The molecule has 262 valence electrons. The average Bonchev–Trinajstić information content (AvgIpc) is 2.98. The summed E-state index contributed by atoms with van der Waals surface area (Å²) in [7, 11) is 0. The second-order valence-corrected chi connectivity index (χ2v) is 17.9. The Morgan fingerprint density at radius 2 is 1.57 bits per heavy atom. The summed E-state index contributed by atoms with van der Waals surface area (Å²) in [5, 5.41) is 74.6. The molecule has 5 aliphatic carbocycles. The summed E-state index contributed by atoms with van der Waals surface area (Å²) in [6, 6.07) is 0. The zero-order chi connectivity index (χ0) is 33.8. The van der Waals surface area contributed by atoms with E-state index in [1.54, 1.807) is 0 Å². The molecule has 46 heavy (non-hydrogen) atoms. The first-order valence-corrected chi connectivity index (χ1v) is 17.5. The lowest BCUT2D eigenvalue weighted by atomic mass is 9.33. The van der Waals surface area contributed by atoms with Crippen LogP contribution >= 0.6 is 0 Å². The smallest absolute Gasteiger partial charge is 0.310 e. The van der Waals surface area contributed by atoms with Gasteiger partial charge in [0.05, 0.1) is 30.8 Å². The Morgan fingerprint density at radius 3 is 2.20 bits per heavy atom. The van der Waals surface area contributed by atoms with Gasteiger partial charge in [0.2, 0.25) is 0 Å². The maximum atomic E-state index is 13.0. The molecule has 0 bridgehead atoms. The minimum atomic E-state index is -1.60. The van der Waals surface area contributed by atoms with Crippen molar-refractivity contribution in [3.63, 3.8) is 0 Å². The third-order valence-corrected chi connectivity index (χ3v) is 15.2. The van der Waals surface area contributed by atoms with Crippen LogP contribution in [-0.2, 0) is 14.3 Å². The number of carboxylic acid groups (broad SMARTS) is 1. The van der Waals surface area contributed by atoms with Crippen LogP contribution in [0.1, 0.15) is 99.3 Å². The minimum absolute atomic E-state index is 0.00627. The van der Waals surface area contributed by atoms with E-state index in [0.29, 0.717) is 19.3 Å². The molecule has 0 aromatic heterocycles. The Balaban J connectivity index is 1.34. The molecule has 4 saturated carbocycles. The number of aliphatic hydroxyl groups is 6. The van der Waals surface area contributed by atoms with Crippen LogP contribution in [0.2, 0.25) is 0 Å². The van der Waals surface area contributed by atoms with Gasteiger partial charge in [-0.3, -0.25) is 4.79 Å². The molecular weight excluding hydrogens is 592 g/mol. The lowest BCUT2D eigenvalue weighted by Crippen LogP contribution is -2.69. The molecule has 0 spiro atoms. The Labute approximate surface area is 273 Å². The molecule has 1 heterocycles. The second kappa shape index (κ2) is 11.2. The SMILES string of the molecule is CC1(C)CC[C@]2(C(=O)O)CC[C@]3(C)C(=CC[C@@H]4[C@@]5(C)C[C@H](O)[C@H](O[C@@H]6O[C@H](CO)[C@@H](O)[C@H](O)[C@H]6O)[C@@](C)(CO)C5CC[C@]43C)[C@@H]2C1. The predicted molar refractivity (Wildman–Crippen MR) is 168 cm³/mol. The molecular formula is C36H58O10. The third kappa shape index (κ3) is 4.60. The molecule has 15 atom stereocenters. The van der Waals surface area contributed by atoms with Crippen LogP contribution in [0.25, 0.3) is 0 Å². The van der Waals surface area contributed by atoms with Crippen molar-refractivity contribution in [3.05, 3.63) is 11.6 Å². The van der Waals surface area contributed by atoms with E-state index in [1.807, 2.05) is 6.92 Å². The minimum Gasteiger partial charge on any atom is -0.481 e. The molecule has 10 heteroatoms. The molecule has 10 nitrogen and oxygen atoms in total. The standard InChI is InChI=1S/C36H58O10/c1-31(2)11-13-36(30(43)44)14-12-34(5)19(20(36)15-31)7-8-24-32(3)16-21(39)28(33(4,18-38)23(32)9-10-35(24,34)6)46-29-27(42)26(41)25(40)22(17-37)45-29/h7,20-29,37-42H,8-18H2,1-6H3,(H,43,44)/t20-,21-,22+,23?,24+,25+,26-,27+,28-,29-,32-,33-,34+,35+,36-/m0/s1. The molecule has 1 aliphatic heterocycles. The van der Waals surface area contributed by atoms with Gasteiger partial charge in [0.1, 0.15) is 24.4 Å². The van der Waals surface area contributed by atoms with Gasteiger partial charge in [-0.1, -0.05) is 53.2 Å². The summed E-state index contributed by atoms with van der Waals surface area (Å²) in [4.78, 5) is 13.0. The third-order valence-electron chi connectivity index (χ3n) is 15.2. The number of ether oxygens (including phenoxy) is 2. The normalized spacial score (nSPS) is 54.8. The maximum Gasteiger partial charge on any atom is 0.310 e. The van der Waals surface area contributed by atoms with Crippen molar-refractivity contribution in [2.45, 2.75) is 142 Å². The van der Waals surface area contributed by atoms with Crippen molar-refractivity contribution < 1.29 is 50.0 Å². The molecule has 0 amide bonds. The van der Waals surface area contributed by atoms with Gasteiger partial charge in [-0.15, -0.1) is 0 Å². The summed E-state index contributed by atoms with van der Waals surface area (Å²) in [6.45, 7) is 12.6. The number of hydrogen-bond donors (Lipinski definition) is 7. The summed E-state index contributed by atoms with van der Waals surface area (Å²) in [5.41, 5.74) is -0.930. The summed E-state index contributed by atoms with van der Waals surface area (Å²) in [6.07, 6.45) is 0.0131. The van der Waals surface area contributed by atoms with Crippen molar-refractivity contribution >= 4 is 5.97 Å². The molecule has 0 radical (unpaired) electrons. The monoisotopic (exact) mass is 650 g/mol. The highest BCUT2D eigenvalue weighted by Gasteiger charge is 2.71. The van der Waals surface area contributed by atoms with Gasteiger partial charge in [-0.2, -0.15) is 0 Å². The van der Waals surface area contributed by atoms with Crippen LogP contribution < -0.4 is 0 Å². The van der Waals surface area contributed by atoms with Gasteiger partial charge in [-0.05, 0) is 97.2 Å². The molecule has 6 aliphatic rings. The number of aliphatic hydroxyl groups excluding tert-OH is 6. The summed E-state index contributed by atoms with van der Waals surface area (Å²) < 4.78 is 11.9. The molecule has 0 aromatic carbocycles. The van der Waals surface area contributed by atoms with E-state index in [9.17, 15) is 40.5 Å². The van der Waals surface area contributed by atoms with Crippen LogP contribution in [0.4, 0.5) is 0 Å². The highest BCUT2D eigenvalue weighted by molar-refractivity contribution is 5.76. The van der Waals surface area contributed by atoms with Crippen LogP contribution in [-0.4, -0.2) is 97.8 Å². The van der Waals surface area contributed by atoms with E-state index in [2.05, 4.69) is 40.7 Å². The Bertz CT molecular complexity index is 1240. The number of carbonyl (C=O) groups is 1. The average molecular weight is 651 g/mol. The fraction of sp³-hybridized carbons (Fsp3) is 0.917. The van der Waals surface area contributed by atoms with Crippen LogP contribution in [0.5, 0.6) is 0 Å². The van der Waals surface area contributed by atoms with Crippen LogP contribution in [0, 0.1) is 50.2 Å². The van der Waals surface area contributed by atoms with E-state index in [0.717, 1.165) is 38.5 Å². The number of allylic oxidation sites excluding steroid dienone is 2. The van der Waals surface area contributed by atoms with Crippen molar-refractivity contribution in [1.82, 2.24) is 0 Å². The largest absolute Gasteiger partial charge is 0.481 e. The van der Waals surface area contributed by atoms with Gasteiger partial charge in [0.15, 0.2) is 6.29 Å². The van der Waals surface area contributed by atoms with Gasteiger partial charge in [0, 0.05) is 5.41 Å². The zero-order valence-electron chi connectivity index (χ0n) is 28.5. The highest BCUT2D eigenvalue weighted by atomic mass is 16.7. The van der Waals surface area contributed by atoms with Crippen LogP contribution in [0.15, 0.2) is 11.6 Å². The van der Waals surface area contributed by atoms with Crippen molar-refractivity contribution in [2.75, 3.05) is 13.2 Å². The highest BCUT2D eigenvalue weighted by Crippen LogP contribution is 2.76. The molecule has 6 rings (SSSR count). The number of rotatable bonds is 5. The molecule has 1 unspecified atom stereocenters. The fourth-order valence-electron chi connectivity index (χ4n) is 12.3. The summed E-state index contributed by atoms with van der Waals surface area (Å²) in [5.74, 6) is -0.518. The lowest BCUT2D eigenvalue weighted by Gasteiger charge is -2.71. The first-order chi connectivity index (χ1) is 21.3. The van der Waals surface area contributed by atoms with E-state index < -0.39 is 66.3 Å². The Kier molecular flexibility index (Phi) is 8.46. The van der Waals surface area contributed by atoms with Gasteiger partial charge in [0.25, 0.3) is 0 Å². The number of aliphatic carboxylic acids is 1. The predicted octanol–water partition coefficient (Wildman–Crippen LogP) is 3.00. The van der Waals surface area contributed by atoms with E-state index in [1.165, 1.54) is 5.57 Å². The quantitative estimate of drug-likeness (QED) is 0.173. The number of carboxylic acids is 1.